The summed E-state index contributed by atoms with van der Waals surface area (Å²) in [4.78, 5) is 26.2. The highest BCUT2D eigenvalue weighted by Crippen LogP contribution is 2.25. The van der Waals surface area contributed by atoms with Gasteiger partial charge in [-0.05, 0) is 38.3 Å². The molecule has 1 aliphatic rings. The molecule has 2 rings (SSSR count). The third-order valence-electron chi connectivity index (χ3n) is 4.12. The summed E-state index contributed by atoms with van der Waals surface area (Å²) < 4.78 is 0. The highest BCUT2D eigenvalue weighted by Gasteiger charge is 2.37. The largest absolute Gasteiger partial charge is 0.393 e. The molecule has 2 unspecified atom stereocenters. The van der Waals surface area contributed by atoms with Crippen LogP contribution in [0.3, 0.4) is 0 Å². The van der Waals surface area contributed by atoms with Gasteiger partial charge in [-0.1, -0.05) is 24.6 Å². The van der Waals surface area contributed by atoms with Gasteiger partial charge in [-0.2, -0.15) is 0 Å². The number of aryl methyl sites for hydroxylation is 1. The van der Waals surface area contributed by atoms with Crippen molar-refractivity contribution in [3.05, 3.63) is 29.8 Å². The number of benzene rings is 1. The van der Waals surface area contributed by atoms with E-state index in [1.807, 2.05) is 38.1 Å². The average Bonchev–Trinajstić information content (AvgIpc) is 2.89. The second-order valence-corrected chi connectivity index (χ2v) is 5.81. The molecule has 1 aromatic carbocycles. The maximum absolute atomic E-state index is 12.4. The maximum Gasteiger partial charge on any atom is 0.239 e. The lowest BCUT2D eigenvalue weighted by Gasteiger charge is -2.17. The van der Waals surface area contributed by atoms with Gasteiger partial charge in [0.05, 0.1) is 6.10 Å². The predicted octanol–water partition coefficient (Wildman–Crippen LogP) is 1.63. The Labute approximate surface area is 131 Å². The number of nitrogens with zero attached hydrogens (tertiary/aromatic N) is 1. The number of carbonyl (C=O) groups is 2. The van der Waals surface area contributed by atoms with Crippen molar-refractivity contribution in [1.29, 1.82) is 0 Å². The molecule has 2 atom stereocenters. The Morgan fingerprint density at radius 2 is 2.09 bits per heavy atom. The summed E-state index contributed by atoms with van der Waals surface area (Å²) in [6.07, 6.45) is 1.32. The van der Waals surface area contributed by atoms with Gasteiger partial charge in [-0.15, -0.1) is 0 Å². The Hall–Kier alpha value is -1.88. The molecule has 1 heterocycles. The molecule has 5 nitrogen and oxygen atoms in total. The monoisotopic (exact) mass is 304 g/mol. The van der Waals surface area contributed by atoms with Gasteiger partial charge in [0.15, 0.2) is 0 Å². The van der Waals surface area contributed by atoms with Gasteiger partial charge in [0.1, 0.15) is 5.92 Å². The number of hydrogen-bond donors (Lipinski definition) is 2. The smallest absolute Gasteiger partial charge is 0.239 e. The number of anilines is 1. The third kappa shape index (κ3) is 3.85. The summed E-state index contributed by atoms with van der Waals surface area (Å²) >= 11 is 0. The molecule has 1 aliphatic heterocycles. The minimum atomic E-state index is -0.611. The van der Waals surface area contributed by atoms with E-state index < -0.39 is 12.0 Å². The maximum atomic E-state index is 12.4. The topological polar surface area (TPSA) is 69.6 Å². The van der Waals surface area contributed by atoms with Crippen LogP contribution in [0.15, 0.2) is 24.3 Å². The summed E-state index contributed by atoms with van der Waals surface area (Å²) in [5.41, 5.74) is 1.98. The van der Waals surface area contributed by atoms with Crippen molar-refractivity contribution in [1.82, 2.24) is 5.32 Å². The van der Waals surface area contributed by atoms with Gasteiger partial charge in [-0.3, -0.25) is 9.59 Å². The molecule has 5 heteroatoms. The van der Waals surface area contributed by atoms with Crippen LogP contribution in [0.1, 0.15) is 31.7 Å². The van der Waals surface area contributed by atoms with Gasteiger partial charge in [0.25, 0.3) is 0 Å². The van der Waals surface area contributed by atoms with E-state index in [0.29, 0.717) is 32.4 Å². The molecule has 0 aromatic heterocycles. The Morgan fingerprint density at radius 1 is 1.41 bits per heavy atom. The first-order chi connectivity index (χ1) is 10.5. The fraction of sp³-hybridized carbons (Fsp3) is 0.529. The molecule has 1 fully saturated rings. The molecule has 22 heavy (non-hydrogen) atoms. The first kappa shape index (κ1) is 16.5. The van der Waals surface area contributed by atoms with Crippen molar-refractivity contribution in [2.24, 2.45) is 5.92 Å². The van der Waals surface area contributed by atoms with E-state index in [1.54, 1.807) is 4.90 Å². The zero-order valence-corrected chi connectivity index (χ0v) is 13.2. The van der Waals surface area contributed by atoms with Crippen LogP contribution in [0.2, 0.25) is 0 Å². The summed E-state index contributed by atoms with van der Waals surface area (Å²) in [7, 11) is 0. The molecule has 0 radical (unpaired) electrons. The Kier molecular flexibility index (Phi) is 5.55. The van der Waals surface area contributed by atoms with E-state index in [0.717, 1.165) is 11.3 Å². The fourth-order valence-electron chi connectivity index (χ4n) is 2.59. The molecule has 1 saturated heterocycles. The molecule has 2 N–H and O–H groups in total. The van der Waals surface area contributed by atoms with Crippen LogP contribution >= 0.6 is 0 Å². The second kappa shape index (κ2) is 7.40. The van der Waals surface area contributed by atoms with E-state index in [-0.39, 0.29) is 11.8 Å². The average molecular weight is 304 g/mol. The van der Waals surface area contributed by atoms with E-state index in [9.17, 15) is 14.7 Å². The van der Waals surface area contributed by atoms with E-state index in [2.05, 4.69) is 5.32 Å². The lowest BCUT2D eigenvalue weighted by molar-refractivity contribution is -0.132. The highest BCUT2D eigenvalue weighted by molar-refractivity contribution is 6.09. The predicted molar refractivity (Wildman–Crippen MR) is 85.6 cm³/mol. The zero-order valence-electron chi connectivity index (χ0n) is 13.2. The zero-order chi connectivity index (χ0) is 16.1. The molecule has 2 amide bonds. The molecule has 0 bridgehead atoms. The standard InChI is InChI=1S/C17H24N2O3/c1-3-14(20)8-10-18-16(21)15-9-11-19(17(15)22)13-6-4-12(2)5-7-13/h4-7,14-15,20H,3,8-11H2,1-2H3,(H,18,21). The van der Waals surface area contributed by atoms with Crippen LogP contribution in [0.4, 0.5) is 5.69 Å². The molecule has 1 aromatic rings. The van der Waals surface area contributed by atoms with Crippen molar-refractivity contribution in [2.75, 3.05) is 18.0 Å². The Bertz CT molecular complexity index is 527. The number of rotatable bonds is 6. The van der Waals surface area contributed by atoms with Gasteiger partial charge in [0, 0.05) is 18.8 Å². The van der Waals surface area contributed by atoms with Crippen LogP contribution in [0, 0.1) is 12.8 Å². The number of carbonyl (C=O) groups excluding carboxylic acids is 2. The molecule has 0 spiro atoms. The molecule has 0 aliphatic carbocycles. The number of hydrogen-bond acceptors (Lipinski definition) is 3. The van der Waals surface area contributed by atoms with E-state index >= 15 is 0 Å². The van der Waals surface area contributed by atoms with Crippen LogP contribution in [-0.2, 0) is 9.59 Å². The van der Waals surface area contributed by atoms with Gasteiger partial charge in [-0.25, -0.2) is 0 Å². The lowest BCUT2D eigenvalue weighted by atomic mass is 10.1. The van der Waals surface area contributed by atoms with Crippen molar-refractivity contribution in [3.63, 3.8) is 0 Å². The number of aliphatic hydroxyl groups is 1. The summed E-state index contributed by atoms with van der Waals surface area (Å²) in [5.74, 6) is -0.986. The van der Waals surface area contributed by atoms with Crippen LogP contribution in [0.5, 0.6) is 0 Å². The molecular formula is C17H24N2O3. The summed E-state index contributed by atoms with van der Waals surface area (Å²) in [6, 6.07) is 7.74. The minimum absolute atomic E-state index is 0.141. The van der Waals surface area contributed by atoms with E-state index in [1.165, 1.54) is 0 Å². The summed E-state index contributed by atoms with van der Waals surface area (Å²) in [6.45, 7) is 4.86. The molecule has 0 saturated carbocycles. The number of amides is 2. The minimum Gasteiger partial charge on any atom is -0.393 e. The quantitative estimate of drug-likeness (QED) is 0.785. The van der Waals surface area contributed by atoms with Gasteiger partial charge < -0.3 is 15.3 Å². The lowest BCUT2D eigenvalue weighted by Crippen LogP contribution is -2.37. The second-order valence-electron chi connectivity index (χ2n) is 5.81. The van der Waals surface area contributed by atoms with Crippen molar-refractivity contribution in [2.45, 2.75) is 39.2 Å². The number of nitrogens with one attached hydrogen (secondary N) is 1. The van der Waals surface area contributed by atoms with Crippen molar-refractivity contribution in [3.8, 4) is 0 Å². The van der Waals surface area contributed by atoms with Crippen molar-refractivity contribution < 1.29 is 14.7 Å². The molecule has 120 valence electrons. The Morgan fingerprint density at radius 3 is 2.73 bits per heavy atom. The first-order valence-corrected chi connectivity index (χ1v) is 7.86. The van der Waals surface area contributed by atoms with Gasteiger partial charge in [0.2, 0.25) is 11.8 Å². The Balaban J connectivity index is 1.90. The van der Waals surface area contributed by atoms with Gasteiger partial charge >= 0.3 is 0 Å². The molecular weight excluding hydrogens is 280 g/mol. The first-order valence-electron chi connectivity index (χ1n) is 7.86. The summed E-state index contributed by atoms with van der Waals surface area (Å²) in [5, 5.41) is 12.2. The van der Waals surface area contributed by atoms with E-state index in [4.69, 9.17) is 0 Å². The van der Waals surface area contributed by atoms with Crippen LogP contribution < -0.4 is 10.2 Å². The van der Waals surface area contributed by atoms with Crippen molar-refractivity contribution >= 4 is 17.5 Å². The fourth-order valence-corrected chi connectivity index (χ4v) is 2.59. The third-order valence-corrected chi connectivity index (χ3v) is 4.12. The SMILES string of the molecule is CCC(O)CCNC(=O)C1CCN(c2ccc(C)cc2)C1=O. The number of aliphatic hydroxyl groups excluding tert-OH is 1. The van der Waals surface area contributed by atoms with Crippen LogP contribution in [0.25, 0.3) is 0 Å². The highest BCUT2D eigenvalue weighted by atomic mass is 16.3. The van der Waals surface area contributed by atoms with Crippen LogP contribution in [-0.4, -0.2) is 36.1 Å². The normalized spacial score (nSPS) is 19.3.